The number of hydrogen-bond acceptors (Lipinski definition) is 12. The summed E-state index contributed by atoms with van der Waals surface area (Å²) in [6.45, 7) is 8.55. The van der Waals surface area contributed by atoms with E-state index in [2.05, 4.69) is 23.6 Å². The van der Waals surface area contributed by atoms with Crippen molar-refractivity contribution in [2.75, 3.05) is 59.7 Å². The van der Waals surface area contributed by atoms with Crippen molar-refractivity contribution in [1.82, 2.24) is 9.80 Å². The Labute approximate surface area is 352 Å². The predicted molar refractivity (Wildman–Crippen MR) is 226 cm³/mol. The van der Waals surface area contributed by atoms with Gasteiger partial charge in [0.15, 0.2) is 0 Å². The second kappa shape index (κ2) is 20.3. The number of nitro benzene ring substituents is 1. The van der Waals surface area contributed by atoms with Crippen LogP contribution in [0.2, 0.25) is 0 Å². The lowest BCUT2D eigenvalue weighted by atomic mass is 9.55. The molecule has 7 atom stereocenters. The van der Waals surface area contributed by atoms with Crippen LogP contribution in [0, 0.1) is 27.9 Å². The van der Waals surface area contributed by atoms with Gasteiger partial charge in [0.2, 0.25) is 18.0 Å². The summed E-state index contributed by atoms with van der Waals surface area (Å²) in [6.07, 6.45) is 14.2. The first-order valence-corrected chi connectivity index (χ1v) is 21.7. The third kappa shape index (κ3) is 9.95. The zero-order valence-corrected chi connectivity index (χ0v) is 34.7. The Bertz CT molecular complexity index is 1890. The first-order chi connectivity index (χ1) is 29.3. The van der Waals surface area contributed by atoms with Gasteiger partial charge in [0, 0.05) is 82.4 Å². The Hall–Kier alpha value is -4.60. The highest BCUT2D eigenvalue weighted by atomic mass is 16.8. The fourth-order valence-corrected chi connectivity index (χ4v) is 9.47. The molecule has 14 heteroatoms. The van der Waals surface area contributed by atoms with E-state index >= 15 is 0 Å². The van der Waals surface area contributed by atoms with Crippen LogP contribution >= 0.6 is 0 Å². The molecule has 2 saturated heterocycles. The number of oxime groups is 1. The summed E-state index contributed by atoms with van der Waals surface area (Å²) in [5.74, 6) is -0.754. The van der Waals surface area contributed by atoms with Gasteiger partial charge in [-0.2, -0.15) is 0 Å². The molecule has 14 nitrogen and oxygen atoms in total. The topological polar surface area (TPSA) is 165 Å². The van der Waals surface area contributed by atoms with E-state index < -0.39 is 29.0 Å². The van der Waals surface area contributed by atoms with Gasteiger partial charge in [-0.05, 0) is 97.9 Å². The number of amides is 1. The summed E-state index contributed by atoms with van der Waals surface area (Å²) in [5.41, 5.74) is 3.24. The summed E-state index contributed by atoms with van der Waals surface area (Å²) >= 11 is 0. The summed E-state index contributed by atoms with van der Waals surface area (Å²) in [6, 6.07) is 11.3. The van der Waals surface area contributed by atoms with Crippen molar-refractivity contribution in [2.45, 2.75) is 88.2 Å². The largest absolute Gasteiger partial charge is 0.492 e. The van der Waals surface area contributed by atoms with Crippen molar-refractivity contribution >= 4 is 23.4 Å². The number of benzene rings is 2. The molecule has 2 aliphatic carbocycles. The zero-order valence-electron chi connectivity index (χ0n) is 34.7. The third-order valence-corrected chi connectivity index (χ3v) is 12.6. The number of nitro groups is 1. The van der Waals surface area contributed by atoms with Crippen molar-refractivity contribution in [3.8, 4) is 11.5 Å². The molecule has 1 amide bonds. The number of non-ortho nitro benzene ring substituents is 1. The van der Waals surface area contributed by atoms with Crippen molar-refractivity contribution in [1.29, 1.82) is 0 Å². The second-order valence-corrected chi connectivity index (χ2v) is 16.5. The van der Waals surface area contributed by atoms with E-state index in [0.717, 1.165) is 81.5 Å². The Morgan fingerprint density at radius 3 is 2.58 bits per heavy atom. The van der Waals surface area contributed by atoms with Gasteiger partial charge >= 0.3 is 0 Å². The minimum Gasteiger partial charge on any atom is -0.492 e. The molecule has 3 heterocycles. The number of unbranched alkanes of at least 4 members (excludes halogenated alkanes) is 2. The molecule has 0 spiro atoms. The number of allylic oxidation sites excluding steroid dienone is 1. The number of rotatable bonds is 21. The predicted octanol–water partition coefficient (Wildman–Crippen LogP) is 6.62. The fraction of sp³-hybridized carbons (Fsp3) is 0.565. The van der Waals surface area contributed by atoms with Gasteiger partial charge in [-0.15, -0.1) is 6.58 Å². The quantitative estimate of drug-likeness (QED) is 0.0347. The Balaban J connectivity index is 1.35. The lowest BCUT2D eigenvalue weighted by Crippen LogP contribution is -2.69. The fourth-order valence-electron chi connectivity index (χ4n) is 9.47. The summed E-state index contributed by atoms with van der Waals surface area (Å²) in [7, 11) is 1.74. The smallest absolute Gasteiger partial charge is 0.269 e. The summed E-state index contributed by atoms with van der Waals surface area (Å²) < 4.78 is 26.5. The van der Waals surface area contributed by atoms with Crippen LogP contribution in [0.4, 0.5) is 5.69 Å². The molecule has 0 aromatic heterocycles. The summed E-state index contributed by atoms with van der Waals surface area (Å²) in [4.78, 5) is 35.3. The van der Waals surface area contributed by atoms with Crippen LogP contribution in [0.25, 0.3) is 6.08 Å². The maximum Gasteiger partial charge on any atom is 0.269 e. The monoisotopic (exact) mass is 828 g/mol. The second-order valence-electron chi connectivity index (χ2n) is 16.5. The van der Waals surface area contributed by atoms with Crippen LogP contribution in [0.1, 0.15) is 81.3 Å². The molecular weight excluding hydrogens is 769 g/mol. The van der Waals surface area contributed by atoms with Crippen molar-refractivity contribution in [2.24, 2.45) is 22.9 Å². The number of likely N-dealkylation sites (N-methyl/N-ethyl adjacent to an activating group) is 1. The lowest BCUT2D eigenvalue weighted by Gasteiger charge is -2.59. The van der Waals surface area contributed by atoms with E-state index in [-0.39, 0.29) is 55.6 Å². The molecule has 3 aliphatic heterocycles. The SMILES string of the molecule is C=CCO[C@@]12Oc3ccc(OCCN4CC4)cc3[C@H]3[C@H](CCCCO)[C@@H](CCCCO)C=C(C(=NOC4CCCCO4)C[C@@H]1N(C)C(=O)C=Cc1ccc([N+](=O)[O-])cc1)[C@H]32. The number of aliphatic hydroxyl groups is 2. The van der Waals surface area contributed by atoms with Gasteiger partial charge in [-0.1, -0.05) is 30.1 Å². The van der Waals surface area contributed by atoms with E-state index in [4.69, 9.17) is 28.9 Å². The third-order valence-electron chi connectivity index (χ3n) is 12.6. The Kier molecular flexibility index (Phi) is 14.7. The van der Waals surface area contributed by atoms with E-state index in [9.17, 15) is 25.1 Å². The lowest BCUT2D eigenvalue weighted by molar-refractivity contribution is -0.384. The number of fused-ring (bicyclic) bond motifs is 2. The maximum atomic E-state index is 14.4. The molecule has 2 aromatic rings. The molecule has 0 bridgehead atoms. The first-order valence-electron chi connectivity index (χ1n) is 21.7. The molecule has 324 valence electrons. The summed E-state index contributed by atoms with van der Waals surface area (Å²) in [5, 5.41) is 35.9. The Morgan fingerprint density at radius 1 is 1.10 bits per heavy atom. The molecule has 3 fully saturated rings. The van der Waals surface area contributed by atoms with E-state index in [0.29, 0.717) is 43.1 Å². The standard InChI is InChI=1S/C46H60N4O10/c1-3-26-58-46-41(48(2)42(53)20-15-32-13-16-34(17-14-32)50(54)55)31-39(47-60-43-12-6-9-27-57-43)37-29-33(10-4-7-24-51)36(11-5-8-25-52)44(45(37)46)38-30-35(18-19-40(38)59-46)56-28-23-49-21-22-49/h3,13-20,29-30,33,36,41,43-45,51-52H,1,4-12,21-28,31H2,2H3/t33-,36+,41-,43?,44+,45+,46+/m0/s1. The number of carbonyl (C=O) groups is 1. The average Bonchev–Trinajstić information content (AvgIpc) is 4.10. The highest BCUT2D eigenvalue weighted by Gasteiger charge is 2.65. The first kappa shape index (κ1) is 43.5. The molecule has 1 saturated carbocycles. The minimum atomic E-state index is -1.39. The van der Waals surface area contributed by atoms with Crippen LogP contribution in [0.3, 0.4) is 0 Å². The number of carbonyl (C=O) groups excluding carboxylic acids is 1. The van der Waals surface area contributed by atoms with E-state index in [1.54, 1.807) is 36.2 Å². The van der Waals surface area contributed by atoms with Gasteiger partial charge < -0.3 is 38.9 Å². The molecule has 2 aromatic carbocycles. The number of nitrogens with zero attached hydrogens (tertiary/aromatic N) is 4. The molecule has 0 radical (unpaired) electrons. The van der Waals surface area contributed by atoms with Crippen LogP contribution in [0.15, 0.2) is 78.0 Å². The molecule has 1 unspecified atom stereocenters. The van der Waals surface area contributed by atoms with Crippen molar-refractivity contribution < 1.29 is 43.7 Å². The van der Waals surface area contributed by atoms with Gasteiger partial charge in [0.25, 0.3) is 5.69 Å². The van der Waals surface area contributed by atoms with Gasteiger partial charge in [0.1, 0.15) is 24.1 Å². The molecule has 60 heavy (non-hydrogen) atoms. The number of aliphatic hydroxyl groups excluding tert-OH is 2. The number of hydrogen-bond donors (Lipinski definition) is 2. The normalized spacial score (nSPS) is 27.6. The van der Waals surface area contributed by atoms with E-state index in [1.165, 1.54) is 18.2 Å². The maximum absolute atomic E-state index is 14.4. The zero-order chi connectivity index (χ0) is 42.1. The molecule has 2 N–H and O–H groups in total. The molecule has 5 aliphatic rings. The van der Waals surface area contributed by atoms with Gasteiger partial charge in [-0.3, -0.25) is 19.8 Å². The van der Waals surface area contributed by atoms with Crippen molar-refractivity contribution in [3.05, 3.63) is 94.1 Å². The molecular formula is C46H60N4O10. The molecule has 7 rings (SSSR count). The van der Waals surface area contributed by atoms with Crippen LogP contribution < -0.4 is 9.47 Å². The number of ether oxygens (including phenoxy) is 4. The van der Waals surface area contributed by atoms with Crippen LogP contribution in [-0.2, 0) is 19.1 Å². The van der Waals surface area contributed by atoms with Gasteiger partial charge in [0.05, 0.1) is 29.8 Å². The van der Waals surface area contributed by atoms with Crippen LogP contribution in [-0.4, -0.2) is 114 Å². The average molecular weight is 829 g/mol. The van der Waals surface area contributed by atoms with Crippen LogP contribution in [0.5, 0.6) is 11.5 Å². The highest BCUT2D eigenvalue weighted by molar-refractivity contribution is 6.03. The van der Waals surface area contributed by atoms with Crippen molar-refractivity contribution in [3.63, 3.8) is 0 Å². The Morgan fingerprint density at radius 2 is 1.88 bits per heavy atom. The minimum absolute atomic E-state index is 0.0346. The van der Waals surface area contributed by atoms with Gasteiger partial charge in [-0.25, -0.2) is 0 Å². The van der Waals surface area contributed by atoms with E-state index in [1.807, 2.05) is 12.1 Å². The highest BCUT2D eigenvalue weighted by Crippen LogP contribution is 2.61.